The first-order valence-electron chi connectivity index (χ1n) is 11.3. The minimum Gasteiger partial charge on any atom is -0.480 e. The lowest BCUT2D eigenvalue weighted by molar-refractivity contribution is -0.143. The minimum atomic E-state index is -5.04. The fourth-order valence-electron chi connectivity index (χ4n) is 3.86. The van der Waals surface area contributed by atoms with Gasteiger partial charge in [0.15, 0.2) is 11.5 Å². The first-order valence-corrected chi connectivity index (χ1v) is 12.1. The van der Waals surface area contributed by atoms with Gasteiger partial charge in [0, 0.05) is 30.5 Å². The number of thiophene rings is 1. The molecule has 7 nitrogen and oxygen atoms in total. The van der Waals surface area contributed by atoms with E-state index in [0.29, 0.717) is 33.7 Å². The van der Waals surface area contributed by atoms with Crippen LogP contribution in [0.15, 0.2) is 42.5 Å². The van der Waals surface area contributed by atoms with E-state index in [1.54, 1.807) is 24.3 Å². The van der Waals surface area contributed by atoms with E-state index in [0.717, 1.165) is 23.2 Å². The molecule has 0 aliphatic heterocycles. The molecule has 214 valence electrons. The molecule has 1 heterocycles. The molecule has 0 unspecified atom stereocenters. The van der Waals surface area contributed by atoms with Crippen molar-refractivity contribution in [2.75, 3.05) is 6.61 Å². The number of hydrogen-bond donors (Lipinski definition) is 2. The Morgan fingerprint density at radius 2 is 1.48 bits per heavy atom. The molecular weight excluding hydrogens is 568 g/mol. The monoisotopic (exact) mass is 589 g/mol. The molecule has 0 bridgehead atoms. The van der Waals surface area contributed by atoms with Crippen LogP contribution in [0.5, 0.6) is 5.75 Å². The third kappa shape index (κ3) is 7.31. The fourth-order valence-corrected chi connectivity index (χ4v) is 4.95. The van der Waals surface area contributed by atoms with Gasteiger partial charge < -0.3 is 19.8 Å². The highest BCUT2D eigenvalue weighted by molar-refractivity contribution is 7.18. The highest BCUT2D eigenvalue weighted by Crippen LogP contribution is 2.42. The number of rotatable bonds is 9. The standard InChI is InChI=1S/C26H21F6NO6S/c1-13-21(39-12-20(35)36)23(24(37)38)40-22(13)17-5-3-4-15(6-17)10-33(14(2)34)11-16-7-18(25(27,28)29)9-19(8-16)26(30,31)32/h3-9H,10-12H2,1-2H3,(H,35,36)(H,37,38). The Balaban J connectivity index is 1.95. The molecule has 14 heteroatoms. The number of nitrogens with zero attached hydrogens (tertiary/aromatic N) is 1. The van der Waals surface area contributed by atoms with Gasteiger partial charge in [-0.2, -0.15) is 26.3 Å². The summed E-state index contributed by atoms with van der Waals surface area (Å²) in [5.41, 5.74) is -2.07. The number of aliphatic carboxylic acids is 1. The van der Waals surface area contributed by atoms with E-state index in [-0.39, 0.29) is 28.8 Å². The quantitative estimate of drug-likeness (QED) is 0.277. The summed E-state index contributed by atoms with van der Waals surface area (Å²) in [5.74, 6) is -3.37. The fraction of sp³-hybridized carbons (Fsp3) is 0.269. The number of aromatic carboxylic acids is 1. The molecule has 0 radical (unpaired) electrons. The second kappa shape index (κ2) is 11.6. The molecule has 0 atom stereocenters. The number of amides is 1. The van der Waals surface area contributed by atoms with Crippen molar-refractivity contribution in [1.29, 1.82) is 0 Å². The molecule has 3 rings (SSSR count). The second-order valence-corrected chi connectivity index (χ2v) is 9.71. The molecule has 1 amide bonds. The molecule has 0 fully saturated rings. The normalized spacial score (nSPS) is 11.8. The van der Waals surface area contributed by atoms with Crippen molar-refractivity contribution in [2.45, 2.75) is 39.3 Å². The zero-order chi connectivity index (χ0) is 30.0. The Labute approximate surface area is 227 Å². The number of ether oxygens (including phenoxy) is 1. The number of carbonyl (C=O) groups excluding carboxylic acids is 1. The van der Waals surface area contributed by atoms with E-state index >= 15 is 0 Å². The van der Waals surface area contributed by atoms with Crippen molar-refractivity contribution >= 4 is 29.2 Å². The second-order valence-electron chi connectivity index (χ2n) is 8.69. The molecule has 0 aliphatic rings. The van der Waals surface area contributed by atoms with Gasteiger partial charge in [0.1, 0.15) is 5.75 Å². The summed E-state index contributed by atoms with van der Waals surface area (Å²) in [6, 6.07) is 7.48. The van der Waals surface area contributed by atoms with Crippen LogP contribution >= 0.6 is 11.3 Å². The molecule has 0 saturated carbocycles. The lowest BCUT2D eigenvalue weighted by atomic mass is 10.0. The number of carboxylic acids is 2. The molecule has 40 heavy (non-hydrogen) atoms. The highest BCUT2D eigenvalue weighted by atomic mass is 32.1. The van der Waals surface area contributed by atoms with E-state index < -0.39 is 54.5 Å². The van der Waals surface area contributed by atoms with Gasteiger partial charge in [-0.05, 0) is 47.9 Å². The van der Waals surface area contributed by atoms with Crippen LogP contribution < -0.4 is 4.74 Å². The molecule has 0 aliphatic carbocycles. The van der Waals surface area contributed by atoms with Gasteiger partial charge in [-0.3, -0.25) is 4.79 Å². The number of halogens is 6. The molecule has 2 N–H and O–H groups in total. The number of hydrogen-bond acceptors (Lipinski definition) is 5. The van der Waals surface area contributed by atoms with Gasteiger partial charge in [0.25, 0.3) is 0 Å². The van der Waals surface area contributed by atoms with Crippen LogP contribution in [0.1, 0.15) is 44.4 Å². The van der Waals surface area contributed by atoms with Gasteiger partial charge in [-0.15, -0.1) is 11.3 Å². The summed E-state index contributed by atoms with van der Waals surface area (Å²) in [5, 5.41) is 18.4. The molecule has 1 aromatic heterocycles. The molecular formula is C26H21F6NO6S. The largest absolute Gasteiger partial charge is 0.480 e. The van der Waals surface area contributed by atoms with Crippen molar-refractivity contribution in [1.82, 2.24) is 4.90 Å². The predicted molar refractivity (Wildman–Crippen MR) is 131 cm³/mol. The van der Waals surface area contributed by atoms with Crippen molar-refractivity contribution in [3.63, 3.8) is 0 Å². The maximum absolute atomic E-state index is 13.3. The molecule has 0 saturated heterocycles. The Morgan fingerprint density at radius 3 is 1.98 bits per heavy atom. The molecule has 2 aromatic carbocycles. The summed E-state index contributed by atoms with van der Waals surface area (Å²) in [6.07, 6.45) is -10.1. The lowest BCUT2D eigenvalue weighted by Crippen LogP contribution is -2.28. The highest BCUT2D eigenvalue weighted by Gasteiger charge is 2.37. The summed E-state index contributed by atoms with van der Waals surface area (Å²) in [4.78, 5) is 36.2. The summed E-state index contributed by atoms with van der Waals surface area (Å²) in [7, 11) is 0. The van der Waals surface area contributed by atoms with Gasteiger partial charge in [0.05, 0.1) is 11.1 Å². The first kappa shape index (κ1) is 30.5. The van der Waals surface area contributed by atoms with Crippen LogP contribution in [0.2, 0.25) is 0 Å². The van der Waals surface area contributed by atoms with E-state index in [4.69, 9.17) is 9.84 Å². The van der Waals surface area contributed by atoms with Crippen molar-refractivity contribution in [3.8, 4) is 16.2 Å². The number of benzene rings is 2. The van der Waals surface area contributed by atoms with Gasteiger partial charge in [0.2, 0.25) is 5.91 Å². The minimum absolute atomic E-state index is 0.00819. The van der Waals surface area contributed by atoms with Crippen LogP contribution in [0.4, 0.5) is 26.3 Å². The van der Waals surface area contributed by atoms with E-state index in [1.807, 2.05) is 0 Å². The number of carbonyl (C=O) groups is 3. The summed E-state index contributed by atoms with van der Waals surface area (Å²) in [6.45, 7) is 1.17. The SMILES string of the molecule is CC(=O)N(Cc1cccc(-c2sc(C(=O)O)c(OCC(=O)O)c2C)c1)Cc1cc(C(F)(F)F)cc(C(F)(F)F)c1. The predicted octanol–water partition coefficient (Wildman–Crippen LogP) is 6.47. The Bertz CT molecular complexity index is 1410. The van der Waals surface area contributed by atoms with Crippen molar-refractivity contribution in [2.24, 2.45) is 0 Å². The number of carboxylic acid groups (broad SMARTS) is 2. The van der Waals surface area contributed by atoms with Crippen LogP contribution in [0, 0.1) is 6.92 Å². The van der Waals surface area contributed by atoms with Crippen molar-refractivity contribution < 1.29 is 55.7 Å². The number of alkyl halides is 6. The average Bonchev–Trinajstić information content (AvgIpc) is 3.17. The zero-order valence-electron chi connectivity index (χ0n) is 20.8. The Kier molecular flexibility index (Phi) is 8.82. The first-order chi connectivity index (χ1) is 18.5. The Hall–Kier alpha value is -4.07. The third-order valence-electron chi connectivity index (χ3n) is 5.65. The maximum atomic E-state index is 13.3. The van der Waals surface area contributed by atoms with E-state index in [2.05, 4.69) is 0 Å². The molecule has 0 spiro atoms. The maximum Gasteiger partial charge on any atom is 0.416 e. The van der Waals surface area contributed by atoms with Gasteiger partial charge in [-0.1, -0.05) is 18.2 Å². The van der Waals surface area contributed by atoms with Gasteiger partial charge in [-0.25, -0.2) is 9.59 Å². The summed E-state index contributed by atoms with van der Waals surface area (Å²) < 4.78 is 84.7. The van der Waals surface area contributed by atoms with Crippen LogP contribution in [-0.2, 0) is 35.0 Å². The average molecular weight is 590 g/mol. The third-order valence-corrected chi connectivity index (χ3v) is 6.96. The smallest absolute Gasteiger partial charge is 0.416 e. The van der Waals surface area contributed by atoms with Crippen LogP contribution in [-0.4, -0.2) is 39.6 Å². The van der Waals surface area contributed by atoms with Gasteiger partial charge >= 0.3 is 24.3 Å². The van der Waals surface area contributed by atoms with Crippen LogP contribution in [0.25, 0.3) is 10.4 Å². The molecule has 3 aromatic rings. The van der Waals surface area contributed by atoms with Crippen molar-refractivity contribution in [3.05, 3.63) is 75.2 Å². The lowest BCUT2D eigenvalue weighted by Gasteiger charge is -2.23. The van der Waals surface area contributed by atoms with E-state index in [1.165, 1.54) is 6.92 Å². The zero-order valence-corrected chi connectivity index (χ0v) is 21.6. The topological polar surface area (TPSA) is 104 Å². The summed E-state index contributed by atoms with van der Waals surface area (Å²) >= 11 is 0.832. The Morgan fingerprint density at radius 1 is 0.900 bits per heavy atom. The van der Waals surface area contributed by atoms with Crippen LogP contribution in [0.3, 0.4) is 0 Å². The van der Waals surface area contributed by atoms with E-state index in [9.17, 15) is 45.8 Å².